The van der Waals surface area contributed by atoms with Crippen LogP contribution in [-0.4, -0.2) is 39.1 Å². The first-order chi connectivity index (χ1) is 11.8. The zero-order valence-corrected chi connectivity index (χ0v) is 14.2. The van der Waals surface area contributed by atoms with Crippen molar-refractivity contribution >= 4 is 45.0 Å². The summed E-state index contributed by atoms with van der Waals surface area (Å²) in [5.74, 6) is 0. The molecular weight excluding hydrogens is 317 g/mol. The molecule has 0 saturated heterocycles. The summed E-state index contributed by atoms with van der Waals surface area (Å²) >= 11 is 2.21. The topological polar surface area (TPSA) is 73.1 Å². The first kappa shape index (κ1) is 15.1. The van der Waals surface area contributed by atoms with Gasteiger partial charge in [0.15, 0.2) is 0 Å². The molecule has 6 nitrogen and oxygen atoms in total. The summed E-state index contributed by atoms with van der Waals surface area (Å²) in [5.41, 5.74) is 5.40. The number of aromatic amines is 1. The van der Waals surface area contributed by atoms with Gasteiger partial charge in [0.2, 0.25) is 0 Å². The summed E-state index contributed by atoms with van der Waals surface area (Å²) in [6.45, 7) is 1.76. The minimum absolute atomic E-state index is 0.227. The van der Waals surface area contributed by atoms with Gasteiger partial charge in [-0.3, -0.25) is 4.79 Å². The lowest BCUT2D eigenvalue weighted by Crippen LogP contribution is -2.26. The van der Waals surface area contributed by atoms with Gasteiger partial charge in [-0.1, -0.05) is 6.07 Å². The van der Waals surface area contributed by atoms with Gasteiger partial charge < -0.3 is 19.5 Å². The summed E-state index contributed by atoms with van der Waals surface area (Å²) < 4.78 is 2.52. The summed E-state index contributed by atoms with van der Waals surface area (Å²) in [6, 6.07) is 9.94. The fourth-order valence-corrected chi connectivity index (χ4v) is 3.37. The summed E-state index contributed by atoms with van der Waals surface area (Å²) in [4.78, 5) is 21.5. The van der Waals surface area contributed by atoms with Gasteiger partial charge in [0, 0.05) is 47.8 Å². The van der Waals surface area contributed by atoms with Gasteiger partial charge >= 0.3 is 16.5 Å². The molecule has 3 aromatic rings. The standard InChI is InChI=1S/C17H17N5O.Al/c18-17(23)21-14-2-1-3-15-13(14)6-9-22(15)10-11-4-7-19-16-12(11)5-8-20-16;/h1-5,7-8H,6,9-10H2,(H4,18,19,20,21,23);/q;+1/p-1. The van der Waals surface area contributed by atoms with Gasteiger partial charge in [-0.05, 0) is 36.2 Å². The third-order valence-corrected chi connectivity index (χ3v) is 4.68. The predicted molar refractivity (Wildman–Crippen MR) is 95.2 cm³/mol. The highest BCUT2D eigenvalue weighted by Gasteiger charge is 2.22. The Bertz CT molecular complexity index is 907. The SMILES string of the molecule is O=C([NH][Al])Nc1cccc2c1CCN2Cc1ccnc2[nH]ccc12. The number of benzene rings is 1. The van der Waals surface area contributed by atoms with E-state index >= 15 is 0 Å². The Morgan fingerprint density at radius 2 is 2.25 bits per heavy atom. The normalized spacial score (nSPS) is 13.1. The van der Waals surface area contributed by atoms with Crippen molar-refractivity contribution in [2.75, 3.05) is 16.8 Å². The zero-order chi connectivity index (χ0) is 16.5. The van der Waals surface area contributed by atoms with E-state index in [0.29, 0.717) is 0 Å². The number of aromatic nitrogens is 2. The van der Waals surface area contributed by atoms with Crippen LogP contribution in [0.1, 0.15) is 11.1 Å². The molecule has 7 heteroatoms. The van der Waals surface area contributed by atoms with Crippen molar-refractivity contribution in [1.29, 1.82) is 0 Å². The van der Waals surface area contributed by atoms with E-state index in [9.17, 15) is 4.79 Å². The first-order valence-corrected chi connectivity index (χ1v) is 8.39. The summed E-state index contributed by atoms with van der Waals surface area (Å²) in [5, 5.41) is 4.04. The molecule has 0 bridgehead atoms. The molecule has 0 fully saturated rings. The number of carbonyl (C=O) groups excluding carboxylic acids is 1. The fourth-order valence-electron chi connectivity index (χ4n) is 3.30. The second-order valence-corrected chi connectivity index (χ2v) is 6.07. The fraction of sp³-hybridized carbons (Fsp3) is 0.176. The van der Waals surface area contributed by atoms with E-state index in [4.69, 9.17) is 0 Å². The molecule has 0 unspecified atom stereocenters. The van der Waals surface area contributed by atoms with Crippen molar-refractivity contribution < 1.29 is 4.79 Å². The lowest BCUT2D eigenvalue weighted by molar-refractivity contribution is 0.256. The summed E-state index contributed by atoms with van der Waals surface area (Å²) in [7, 11) is 0. The van der Waals surface area contributed by atoms with Crippen LogP contribution in [0.5, 0.6) is 0 Å². The molecule has 24 heavy (non-hydrogen) atoms. The summed E-state index contributed by atoms with van der Waals surface area (Å²) in [6.07, 6.45) is 4.68. The van der Waals surface area contributed by atoms with E-state index in [1.807, 2.05) is 24.5 Å². The molecule has 4 rings (SSSR count). The molecule has 2 radical (unpaired) electrons. The second kappa shape index (κ2) is 6.19. The van der Waals surface area contributed by atoms with Crippen LogP contribution < -0.4 is 14.5 Å². The highest BCUT2D eigenvalue weighted by molar-refractivity contribution is 6.16. The van der Waals surface area contributed by atoms with Crippen LogP contribution in [0.25, 0.3) is 11.0 Å². The van der Waals surface area contributed by atoms with Gasteiger partial charge in [0.25, 0.3) is 6.03 Å². The van der Waals surface area contributed by atoms with Crippen molar-refractivity contribution in [3.05, 3.63) is 53.9 Å². The minimum atomic E-state index is -0.227. The predicted octanol–water partition coefficient (Wildman–Crippen LogP) is 2.33. The number of fused-ring (bicyclic) bond motifs is 2. The van der Waals surface area contributed by atoms with Gasteiger partial charge in [0.1, 0.15) is 5.65 Å². The van der Waals surface area contributed by atoms with E-state index in [-0.39, 0.29) is 6.03 Å². The molecule has 0 atom stereocenters. The Hall–Kier alpha value is -2.49. The van der Waals surface area contributed by atoms with Gasteiger partial charge in [-0.15, -0.1) is 0 Å². The van der Waals surface area contributed by atoms with Crippen LogP contribution in [0.15, 0.2) is 42.7 Å². The lowest BCUT2D eigenvalue weighted by atomic mass is 10.1. The Labute approximate surface area is 147 Å². The molecule has 2 amide bonds. The molecule has 0 aliphatic carbocycles. The van der Waals surface area contributed by atoms with E-state index < -0.39 is 0 Å². The Kier molecular flexibility index (Phi) is 3.89. The van der Waals surface area contributed by atoms with Crippen molar-refractivity contribution in [2.45, 2.75) is 13.0 Å². The Morgan fingerprint density at radius 3 is 3.12 bits per heavy atom. The van der Waals surface area contributed by atoms with Crippen LogP contribution in [0, 0.1) is 0 Å². The third kappa shape index (κ3) is 2.62. The smallest absolute Gasteiger partial charge is 0.313 e. The maximum Gasteiger partial charge on any atom is 0.313 e. The number of nitrogens with one attached hydrogen (secondary N) is 3. The minimum Gasteiger partial charge on any atom is -0.446 e. The van der Waals surface area contributed by atoms with Gasteiger partial charge in [-0.25, -0.2) is 4.98 Å². The van der Waals surface area contributed by atoms with Crippen molar-refractivity contribution in [3.63, 3.8) is 0 Å². The van der Waals surface area contributed by atoms with Crippen LogP contribution in [0.2, 0.25) is 0 Å². The lowest BCUT2D eigenvalue weighted by Gasteiger charge is -2.20. The van der Waals surface area contributed by atoms with Gasteiger partial charge in [-0.2, -0.15) is 0 Å². The van der Waals surface area contributed by atoms with Crippen molar-refractivity contribution in [3.8, 4) is 0 Å². The van der Waals surface area contributed by atoms with E-state index in [2.05, 4.69) is 59.2 Å². The van der Waals surface area contributed by atoms with Gasteiger partial charge in [0.05, 0.1) is 0 Å². The Balaban J connectivity index is 1.63. The number of anilines is 2. The van der Waals surface area contributed by atoms with E-state index in [1.54, 1.807) is 0 Å². The van der Waals surface area contributed by atoms with Crippen LogP contribution >= 0.6 is 0 Å². The molecule has 118 valence electrons. The number of nitrogens with zero attached hydrogens (tertiary/aromatic N) is 2. The van der Waals surface area contributed by atoms with Crippen molar-refractivity contribution in [1.82, 2.24) is 14.3 Å². The molecule has 2 aromatic heterocycles. The van der Waals surface area contributed by atoms with Crippen LogP contribution in [0.4, 0.5) is 16.2 Å². The second-order valence-electron chi connectivity index (χ2n) is 5.78. The van der Waals surface area contributed by atoms with E-state index in [0.717, 1.165) is 36.2 Å². The molecule has 1 aromatic carbocycles. The number of H-pyrrole nitrogens is 1. The monoisotopic (exact) mass is 333 g/mol. The highest BCUT2D eigenvalue weighted by Crippen LogP contribution is 2.35. The number of rotatable bonds is 3. The quantitative estimate of drug-likeness (QED) is 0.644. The molecular formula is C17H16AlN5O. The molecule has 1 aliphatic rings. The average molecular weight is 333 g/mol. The molecule has 3 N–H and O–H groups in total. The molecule has 1 aliphatic heterocycles. The largest absolute Gasteiger partial charge is 0.446 e. The van der Waals surface area contributed by atoms with Crippen LogP contribution in [-0.2, 0) is 13.0 Å². The number of hydrogen-bond donors (Lipinski definition) is 3. The maximum absolute atomic E-state index is 11.6. The van der Waals surface area contributed by atoms with E-state index in [1.165, 1.54) is 16.8 Å². The molecule has 0 saturated carbocycles. The number of urea groups is 1. The first-order valence-electron chi connectivity index (χ1n) is 7.81. The zero-order valence-electron chi connectivity index (χ0n) is 13.0. The number of hydrogen-bond acceptors (Lipinski definition) is 3. The maximum atomic E-state index is 11.6. The number of carbonyl (C=O) groups is 1. The molecule has 3 heterocycles. The highest BCUT2D eigenvalue weighted by atomic mass is 27.1. The average Bonchev–Trinajstić information content (AvgIpc) is 3.23. The molecule has 0 spiro atoms. The third-order valence-electron chi connectivity index (χ3n) is 4.41. The number of amides is 2. The number of pyridine rings is 1. The Morgan fingerprint density at radius 1 is 1.33 bits per heavy atom. The van der Waals surface area contributed by atoms with Crippen molar-refractivity contribution in [2.24, 2.45) is 0 Å². The van der Waals surface area contributed by atoms with Crippen LogP contribution in [0.3, 0.4) is 0 Å².